The van der Waals surface area contributed by atoms with E-state index in [-0.39, 0.29) is 30.1 Å². The summed E-state index contributed by atoms with van der Waals surface area (Å²) in [4.78, 5) is 30.3. The number of aromatic nitrogens is 1. The molecular formula is C14H18N4O5. The van der Waals surface area contributed by atoms with E-state index in [2.05, 4.69) is 5.16 Å². The Balaban J connectivity index is 1.61. The summed E-state index contributed by atoms with van der Waals surface area (Å²) in [7, 11) is 0. The maximum Gasteiger partial charge on any atom is 0.344 e. The molecule has 2 bridgehead atoms. The van der Waals surface area contributed by atoms with Gasteiger partial charge in [0.05, 0.1) is 18.6 Å². The van der Waals surface area contributed by atoms with Crippen molar-refractivity contribution in [2.75, 3.05) is 13.2 Å². The van der Waals surface area contributed by atoms with Crippen molar-refractivity contribution in [2.24, 2.45) is 11.1 Å². The maximum absolute atomic E-state index is 12.6. The number of hydrogen-bond donors (Lipinski definition) is 2. The van der Waals surface area contributed by atoms with Crippen LogP contribution in [0.4, 0.5) is 4.79 Å². The summed E-state index contributed by atoms with van der Waals surface area (Å²) in [6.07, 6.45) is 2.79. The Hall–Kier alpha value is -2.13. The van der Waals surface area contributed by atoms with Crippen molar-refractivity contribution in [3.05, 3.63) is 17.5 Å². The molecule has 9 nitrogen and oxygen atoms in total. The van der Waals surface area contributed by atoms with E-state index < -0.39 is 12.6 Å². The predicted octanol–water partition coefficient (Wildman–Crippen LogP) is 0.481. The normalized spacial score (nSPS) is 27.8. The first-order valence-electron chi connectivity index (χ1n) is 7.64. The van der Waals surface area contributed by atoms with Gasteiger partial charge < -0.3 is 20.3 Å². The number of piperidine rings is 1. The molecule has 3 aliphatic rings. The average Bonchev–Trinajstić information content (AvgIpc) is 3.03. The molecule has 9 heteroatoms. The van der Waals surface area contributed by atoms with Gasteiger partial charge in [0, 0.05) is 12.6 Å². The van der Waals surface area contributed by atoms with Crippen LogP contribution in [-0.4, -0.2) is 51.4 Å². The van der Waals surface area contributed by atoms with Gasteiger partial charge in [-0.2, -0.15) is 5.06 Å². The minimum absolute atomic E-state index is 0.00629. The zero-order valence-corrected chi connectivity index (χ0v) is 12.5. The van der Waals surface area contributed by atoms with Crippen LogP contribution in [0.5, 0.6) is 0 Å². The van der Waals surface area contributed by atoms with E-state index in [9.17, 15) is 9.59 Å². The average molecular weight is 322 g/mol. The Morgan fingerprint density at radius 1 is 1.57 bits per heavy atom. The summed E-state index contributed by atoms with van der Waals surface area (Å²) in [5, 5.41) is 14.1. The maximum atomic E-state index is 12.6. The number of hydrogen-bond acceptors (Lipinski definition) is 6. The van der Waals surface area contributed by atoms with Crippen molar-refractivity contribution >= 4 is 12.0 Å². The van der Waals surface area contributed by atoms with Crippen molar-refractivity contribution in [1.29, 1.82) is 0 Å². The summed E-state index contributed by atoms with van der Waals surface area (Å²) in [6, 6.07) is 1.22. The highest BCUT2D eigenvalue weighted by molar-refractivity contribution is 5.78. The Kier molecular flexibility index (Phi) is 3.10. The van der Waals surface area contributed by atoms with Gasteiger partial charge in [0.25, 0.3) is 0 Å². The molecule has 1 aliphatic carbocycles. The first-order chi connectivity index (χ1) is 11.0. The molecule has 2 atom stereocenters. The van der Waals surface area contributed by atoms with Gasteiger partial charge in [-0.15, -0.1) is 0 Å². The molecule has 1 spiro atoms. The van der Waals surface area contributed by atoms with Gasteiger partial charge in [0.15, 0.2) is 12.4 Å². The van der Waals surface area contributed by atoms with E-state index in [0.29, 0.717) is 18.0 Å². The first-order valence-corrected chi connectivity index (χ1v) is 7.64. The van der Waals surface area contributed by atoms with E-state index >= 15 is 0 Å². The standard InChI is InChI=1S/C14H18N4O5/c15-5-8-3-9(16-23-8)10-4-14(1-2-14)11-6-17(10)13(21)18(11)22-7-12(19)20/h3,10-11H,1-2,4-7,15H2,(H,19,20)/t10-,11-/m0/s1. The summed E-state index contributed by atoms with van der Waals surface area (Å²) in [5.74, 6) is -0.516. The van der Waals surface area contributed by atoms with Gasteiger partial charge in [0.2, 0.25) is 0 Å². The fraction of sp³-hybridized carbons (Fsp3) is 0.643. The molecule has 1 aromatic rings. The van der Waals surface area contributed by atoms with Crippen molar-refractivity contribution in [1.82, 2.24) is 15.1 Å². The minimum Gasteiger partial charge on any atom is -0.479 e. The number of nitrogens with zero attached hydrogens (tertiary/aromatic N) is 3. The second kappa shape index (κ2) is 4.93. The van der Waals surface area contributed by atoms with E-state index in [4.69, 9.17) is 20.2 Å². The van der Waals surface area contributed by atoms with E-state index in [1.807, 2.05) is 0 Å². The summed E-state index contributed by atoms with van der Waals surface area (Å²) in [6.45, 7) is 0.265. The number of carbonyl (C=O) groups is 2. The number of urea groups is 1. The van der Waals surface area contributed by atoms with Crippen LogP contribution in [0.2, 0.25) is 0 Å². The van der Waals surface area contributed by atoms with Crippen molar-refractivity contribution in [2.45, 2.75) is 37.9 Å². The number of hydroxylamine groups is 2. The van der Waals surface area contributed by atoms with Crippen molar-refractivity contribution in [3.63, 3.8) is 0 Å². The molecule has 3 heterocycles. The van der Waals surface area contributed by atoms with Crippen molar-refractivity contribution < 1.29 is 24.1 Å². The van der Waals surface area contributed by atoms with Crippen LogP contribution < -0.4 is 5.73 Å². The van der Waals surface area contributed by atoms with Crippen LogP contribution in [0.1, 0.15) is 36.8 Å². The SMILES string of the molecule is NCc1cc([C@@H]2CC3(CC3)[C@@H]3CN2C(=O)N3OCC(=O)O)no1. The number of rotatable bonds is 5. The van der Waals surface area contributed by atoms with Crippen LogP contribution in [0.15, 0.2) is 10.6 Å². The number of fused-ring (bicyclic) bond motifs is 3. The zero-order valence-electron chi connectivity index (χ0n) is 12.5. The lowest BCUT2D eigenvalue weighted by Crippen LogP contribution is -2.42. The Morgan fingerprint density at radius 2 is 2.35 bits per heavy atom. The lowest BCUT2D eigenvalue weighted by atomic mass is 9.84. The Morgan fingerprint density at radius 3 is 2.96 bits per heavy atom. The second-order valence-corrected chi connectivity index (χ2v) is 6.45. The molecule has 23 heavy (non-hydrogen) atoms. The predicted molar refractivity (Wildman–Crippen MR) is 74.7 cm³/mol. The third kappa shape index (κ3) is 2.19. The Bertz CT molecular complexity index is 655. The van der Waals surface area contributed by atoms with Gasteiger partial charge in [-0.1, -0.05) is 5.16 Å². The minimum atomic E-state index is -1.10. The second-order valence-electron chi connectivity index (χ2n) is 6.45. The number of carbonyl (C=O) groups excluding carboxylic acids is 1. The highest BCUT2D eigenvalue weighted by Crippen LogP contribution is 2.61. The molecule has 2 amide bonds. The fourth-order valence-electron chi connectivity index (χ4n) is 3.75. The monoisotopic (exact) mass is 322 g/mol. The van der Waals surface area contributed by atoms with Crippen LogP contribution >= 0.6 is 0 Å². The van der Waals surface area contributed by atoms with Gasteiger partial charge in [-0.25, -0.2) is 9.59 Å². The smallest absolute Gasteiger partial charge is 0.344 e. The number of carboxylic acid groups (broad SMARTS) is 1. The topological polar surface area (TPSA) is 122 Å². The lowest BCUT2D eigenvalue weighted by Gasteiger charge is -2.35. The third-order valence-electron chi connectivity index (χ3n) is 5.11. The lowest BCUT2D eigenvalue weighted by molar-refractivity contribution is -0.172. The summed E-state index contributed by atoms with van der Waals surface area (Å²) in [5.41, 5.74) is 6.24. The first kappa shape index (κ1) is 14.5. The number of nitrogens with two attached hydrogens (primary N) is 1. The molecular weight excluding hydrogens is 304 g/mol. The molecule has 3 fully saturated rings. The molecule has 2 aliphatic heterocycles. The molecule has 3 N–H and O–H groups in total. The van der Waals surface area contributed by atoms with Crippen molar-refractivity contribution in [3.8, 4) is 0 Å². The van der Waals surface area contributed by atoms with Crippen LogP contribution in [0.3, 0.4) is 0 Å². The van der Waals surface area contributed by atoms with Crippen LogP contribution in [0, 0.1) is 5.41 Å². The van der Waals surface area contributed by atoms with Gasteiger partial charge in [0.1, 0.15) is 5.69 Å². The van der Waals surface area contributed by atoms with E-state index in [1.165, 1.54) is 5.06 Å². The summed E-state index contributed by atoms with van der Waals surface area (Å²) >= 11 is 0. The molecule has 4 rings (SSSR count). The molecule has 0 aromatic carbocycles. The number of carboxylic acids is 1. The fourth-order valence-corrected chi connectivity index (χ4v) is 3.75. The Labute approximate surface area is 131 Å². The molecule has 124 valence electrons. The molecule has 0 unspecified atom stereocenters. The molecule has 2 saturated heterocycles. The zero-order chi connectivity index (χ0) is 16.2. The summed E-state index contributed by atoms with van der Waals surface area (Å²) < 4.78 is 5.17. The molecule has 1 aromatic heterocycles. The highest BCUT2D eigenvalue weighted by Gasteiger charge is 2.63. The highest BCUT2D eigenvalue weighted by atomic mass is 16.7. The largest absolute Gasteiger partial charge is 0.479 e. The molecule has 0 radical (unpaired) electrons. The quantitative estimate of drug-likeness (QED) is 0.808. The van der Waals surface area contributed by atoms with E-state index in [0.717, 1.165) is 19.3 Å². The molecule has 1 saturated carbocycles. The van der Waals surface area contributed by atoms with Crippen LogP contribution in [0.25, 0.3) is 0 Å². The van der Waals surface area contributed by atoms with Gasteiger partial charge in [-0.05, 0) is 24.7 Å². The van der Waals surface area contributed by atoms with E-state index in [1.54, 1.807) is 11.0 Å². The van der Waals surface area contributed by atoms with Gasteiger partial charge >= 0.3 is 12.0 Å². The van der Waals surface area contributed by atoms with Crippen LogP contribution in [-0.2, 0) is 16.2 Å². The third-order valence-corrected chi connectivity index (χ3v) is 5.11. The number of amides is 2. The number of aliphatic carboxylic acids is 1. The van der Waals surface area contributed by atoms with Gasteiger partial charge in [-0.3, -0.25) is 4.84 Å².